The van der Waals surface area contributed by atoms with E-state index < -0.39 is 0 Å². The van der Waals surface area contributed by atoms with Gasteiger partial charge in [0.25, 0.3) is 0 Å². The summed E-state index contributed by atoms with van der Waals surface area (Å²) in [5, 5.41) is 3.17. The molecular formula is C18H24N4O. The van der Waals surface area contributed by atoms with Crippen LogP contribution >= 0.6 is 0 Å². The Kier molecular flexibility index (Phi) is 4.95. The number of hydrogen-bond donors (Lipinski definition) is 2. The number of nitrogens with one attached hydrogen (secondary N) is 2. The summed E-state index contributed by atoms with van der Waals surface area (Å²) in [7, 11) is 0. The first-order valence-electron chi connectivity index (χ1n) is 8.36. The van der Waals surface area contributed by atoms with Crippen LogP contribution in [0.25, 0.3) is 0 Å². The number of H-pyrrole nitrogens is 1. The van der Waals surface area contributed by atoms with Crippen molar-refractivity contribution in [3.8, 4) is 0 Å². The first kappa shape index (κ1) is 15.6. The van der Waals surface area contributed by atoms with E-state index in [1.165, 1.54) is 5.69 Å². The van der Waals surface area contributed by atoms with Crippen LogP contribution in [0.15, 0.2) is 42.9 Å². The van der Waals surface area contributed by atoms with Crippen LogP contribution in [-0.2, 0) is 0 Å². The predicted molar refractivity (Wildman–Crippen MR) is 90.1 cm³/mol. The molecule has 1 aliphatic heterocycles. The van der Waals surface area contributed by atoms with Crippen molar-refractivity contribution in [2.24, 2.45) is 0 Å². The fourth-order valence-electron chi connectivity index (χ4n) is 3.23. The van der Waals surface area contributed by atoms with Crippen molar-refractivity contribution >= 4 is 6.03 Å². The second-order valence-corrected chi connectivity index (χ2v) is 6.09. The summed E-state index contributed by atoms with van der Waals surface area (Å²) < 4.78 is 0. The number of amides is 2. The Balaban J connectivity index is 1.55. The molecule has 2 N–H and O–H groups in total. The number of urea groups is 1. The third-order valence-corrected chi connectivity index (χ3v) is 4.65. The van der Waals surface area contributed by atoms with Gasteiger partial charge in [-0.2, -0.15) is 0 Å². The zero-order valence-electron chi connectivity index (χ0n) is 13.5. The lowest BCUT2D eigenvalue weighted by Gasteiger charge is -2.32. The lowest BCUT2D eigenvalue weighted by atomic mass is 9.94. The van der Waals surface area contributed by atoms with Crippen LogP contribution in [0, 0.1) is 0 Å². The van der Waals surface area contributed by atoms with Crippen LogP contribution in [0.3, 0.4) is 0 Å². The molecule has 23 heavy (non-hydrogen) atoms. The average Bonchev–Trinajstić information content (AvgIpc) is 3.15. The molecule has 1 saturated heterocycles. The zero-order chi connectivity index (χ0) is 16.1. The summed E-state index contributed by atoms with van der Waals surface area (Å²) in [5.41, 5.74) is 2.34. The van der Waals surface area contributed by atoms with E-state index in [1.807, 2.05) is 29.3 Å². The molecule has 1 aliphatic rings. The van der Waals surface area contributed by atoms with Crippen LogP contribution in [0.4, 0.5) is 4.79 Å². The smallest absolute Gasteiger partial charge is 0.317 e. The molecule has 1 atom stereocenters. The van der Waals surface area contributed by atoms with E-state index in [9.17, 15) is 4.79 Å². The van der Waals surface area contributed by atoms with Gasteiger partial charge in [0.1, 0.15) is 0 Å². The Labute approximate surface area is 137 Å². The van der Waals surface area contributed by atoms with E-state index >= 15 is 0 Å². The number of nitrogens with zero attached hydrogens (tertiary/aromatic N) is 2. The summed E-state index contributed by atoms with van der Waals surface area (Å²) in [6, 6.07) is 10.3. The molecule has 1 fully saturated rings. The number of piperidine rings is 1. The van der Waals surface area contributed by atoms with Crippen molar-refractivity contribution in [2.75, 3.05) is 13.1 Å². The minimum Gasteiger partial charge on any atom is -0.348 e. The summed E-state index contributed by atoms with van der Waals surface area (Å²) in [6.45, 7) is 3.68. The fraction of sp³-hybridized carbons (Fsp3) is 0.444. The van der Waals surface area contributed by atoms with Crippen LogP contribution in [0.1, 0.15) is 49.4 Å². The van der Waals surface area contributed by atoms with Crippen molar-refractivity contribution in [3.63, 3.8) is 0 Å². The molecule has 2 amide bonds. The van der Waals surface area contributed by atoms with Crippen molar-refractivity contribution < 1.29 is 4.79 Å². The van der Waals surface area contributed by atoms with Gasteiger partial charge in [0.05, 0.1) is 12.4 Å². The Morgan fingerprint density at radius 1 is 1.35 bits per heavy atom. The van der Waals surface area contributed by atoms with Gasteiger partial charge in [0.15, 0.2) is 0 Å². The predicted octanol–water partition coefficient (Wildman–Crippen LogP) is 3.45. The quantitative estimate of drug-likeness (QED) is 0.908. The van der Waals surface area contributed by atoms with Crippen molar-refractivity contribution in [3.05, 3.63) is 54.1 Å². The van der Waals surface area contributed by atoms with E-state index in [0.717, 1.165) is 37.9 Å². The topological polar surface area (TPSA) is 61.0 Å². The molecule has 1 aromatic carbocycles. The van der Waals surface area contributed by atoms with Gasteiger partial charge in [0.2, 0.25) is 0 Å². The number of hydrogen-bond acceptors (Lipinski definition) is 2. The van der Waals surface area contributed by atoms with E-state index in [0.29, 0.717) is 5.92 Å². The first-order chi connectivity index (χ1) is 11.3. The summed E-state index contributed by atoms with van der Waals surface area (Å²) in [4.78, 5) is 21.7. The Bertz CT molecular complexity index is 603. The second-order valence-electron chi connectivity index (χ2n) is 6.09. The molecule has 1 unspecified atom stereocenters. The Hall–Kier alpha value is -2.30. The molecule has 1 aromatic heterocycles. The maximum absolute atomic E-state index is 12.5. The summed E-state index contributed by atoms with van der Waals surface area (Å²) in [5.74, 6) is 0.484. The molecule has 0 saturated carbocycles. The Morgan fingerprint density at radius 2 is 2.09 bits per heavy atom. The van der Waals surface area contributed by atoms with Crippen LogP contribution in [0.5, 0.6) is 0 Å². The van der Waals surface area contributed by atoms with Gasteiger partial charge < -0.3 is 15.2 Å². The van der Waals surface area contributed by atoms with Gasteiger partial charge in [0, 0.05) is 30.9 Å². The number of likely N-dealkylation sites (tertiary alicyclic amines) is 1. The highest BCUT2D eigenvalue weighted by Crippen LogP contribution is 2.26. The molecule has 2 heterocycles. The van der Waals surface area contributed by atoms with Crippen LogP contribution in [-0.4, -0.2) is 34.0 Å². The number of benzene rings is 1. The van der Waals surface area contributed by atoms with Crippen LogP contribution in [0.2, 0.25) is 0 Å². The first-order valence-corrected chi connectivity index (χ1v) is 8.36. The standard InChI is InChI=1S/C18H24N4O/c1-2-16(14-6-4-3-5-7-14)21-18(23)22-10-8-15(9-11-22)17-12-19-13-20-17/h3-7,12-13,15-16H,2,8-11H2,1H3,(H,19,20)(H,21,23). The summed E-state index contributed by atoms with van der Waals surface area (Å²) >= 11 is 0. The maximum Gasteiger partial charge on any atom is 0.317 e. The van der Waals surface area contributed by atoms with Crippen molar-refractivity contribution in [2.45, 2.75) is 38.1 Å². The normalized spacial score (nSPS) is 17.0. The number of carbonyl (C=O) groups excluding carboxylic acids is 1. The van der Waals surface area contributed by atoms with E-state index in [4.69, 9.17) is 0 Å². The second kappa shape index (κ2) is 7.31. The molecule has 0 radical (unpaired) electrons. The Morgan fingerprint density at radius 3 is 2.70 bits per heavy atom. The molecular weight excluding hydrogens is 288 g/mol. The molecule has 5 nitrogen and oxygen atoms in total. The number of imidazole rings is 1. The molecule has 0 spiro atoms. The minimum absolute atomic E-state index is 0.0452. The van der Waals surface area contributed by atoms with Gasteiger partial charge >= 0.3 is 6.03 Å². The lowest BCUT2D eigenvalue weighted by molar-refractivity contribution is 0.177. The van der Waals surface area contributed by atoms with Crippen molar-refractivity contribution in [1.82, 2.24) is 20.2 Å². The minimum atomic E-state index is 0.0452. The van der Waals surface area contributed by atoms with Gasteiger partial charge in [-0.05, 0) is 24.8 Å². The number of carbonyl (C=O) groups is 1. The third-order valence-electron chi connectivity index (χ3n) is 4.65. The van der Waals surface area contributed by atoms with Gasteiger partial charge in [-0.3, -0.25) is 0 Å². The number of rotatable bonds is 4. The molecule has 5 heteroatoms. The van der Waals surface area contributed by atoms with Gasteiger partial charge in [-0.1, -0.05) is 37.3 Å². The highest BCUT2D eigenvalue weighted by atomic mass is 16.2. The molecule has 2 aromatic rings. The molecule has 122 valence electrons. The lowest BCUT2D eigenvalue weighted by Crippen LogP contribution is -2.45. The number of aromatic nitrogens is 2. The van der Waals surface area contributed by atoms with E-state index in [-0.39, 0.29) is 12.1 Å². The van der Waals surface area contributed by atoms with E-state index in [2.05, 4.69) is 34.3 Å². The molecule has 0 aliphatic carbocycles. The van der Waals surface area contributed by atoms with Gasteiger partial charge in [-0.25, -0.2) is 9.78 Å². The maximum atomic E-state index is 12.5. The molecule has 0 bridgehead atoms. The third kappa shape index (κ3) is 3.73. The highest BCUT2D eigenvalue weighted by molar-refractivity contribution is 5.74. The van der Waals surface area contributed by atoms with Gasteiger partial charge in [-0.15, -0.1) is 0 Å². The molecule has 3 rings (SSSR count). The number of aromatic amines is 1. The fourth-order valence-corrected chi connectivity index (χ4v) is 3.23. The van der Waals surface area contributed by atoms with Crippen molar-refractivity contribution in [1.29, 1.82) is 0 Å². The largest absolute Gasteiger partial charge is 0.348 e. The monoisotopic (exact) mass is 312 g/mol. The zero-order valence-corrected chi connectivity index (χ0v) is 13.5. The summed E-state index contributed by atoms with van der Waals surface area (Å²) in [6.07, 6.45) is 6.47. The highest BCUT2D eigenvalue weighted by Gasteiger charge is 2.25. The SMILES string of the molecule is CCC(NC(=O)N1CCC(c2cnc[nH]2)CC1)c1ccccc1. The average molecular weight is 312 g/mol. The van der Waals surface area contributed by atoms with E-state index in [1.54, 1.807) is 6.33 Å². The van der Waals surface area contributed by atoms with Crippen LogP contribution < -0.4 is 5.32 Å².